The van der Waals surface area contributed by atoms with Gasteiger partial charge in [0.25, 0.3) is 5.91 Å². The highest BCUT2D eigenvalue weighted by Gasteiger charge is 2.42. The van der Waals surface area contributed by atoms with Gasteiger partial charge in [-0.2, -0.15) is 0 Å². The van der Waals surface area contributed by atoms with Crippen LogP contribution >= 0.6 is 0 Å². The van der Waals surface area contributed by atoms with E-state index in [2.05, 4.69) is 15.2 Å². The first-order chi connectivity index (χ1) is 10.8. The van der Waals surface area contributed by atoms with E-state index in [0.717, 1.165) is 37.5 Å². The molecule has 2 saturated heterocycles. The molecule has 1 aliphatic carbocycles. The Morgan fingerprint density at radius 1 is 1.41 bits per heavy atom. The lowest BCUT2D eigenvalue weighted by Gasteiger charge is -2.34. The summed E-state index contributed by atoms with van der Waals surface area (Å²) < 4.78 is 6.06. The summed E-state index contributed by atoms with van der Waals surface area (Å²) in [7, 11) is 0. The number of hydrogen-bond acceptors (Lipinski definition) is 4. The molecule has 118 valence electrons. The number of rotatable bonds is 4. The molecule has 4 rings (SSSR count). The molecule has 22 heavy (non-hydrogen) atoms. The second-order valence-electron chi connectivity index (χ2n) is 6.88. The van der Waals surface area contributed by atoms with Gasteiger partial charge in [-0.1, -0.05) is 0 Å². The Kier molecular flexibility index (Phi) is 3.84. The number of amides is 1. The van der Waals surface area contributed by atoms with Gasteiger partial charge in [-0.05, 0) is 56.2 Å². The lowest BCUT2D eigenvalue weighted by Crippen LogP contribution is -2.43. The predicted molar refractivity (Wildman–Crippen MR) is 83.4 cm³/mol. The van der Waals surface area contributed by atoms with Crippen LogP contribution in [0.4, 0.5) is 5.69 Å². The van der Waals surface area contributed by atoms with E-state index in [1.807, 2.05) is 12.1 Å². The average Bonchev–Trinajstić information content (AvgIpc) is 3.24. The number of likely N-dealkylation sites (tertiary alicyclic amines) is 1. The number of piperidine rings is 1. The number of carbonyl (C=O) groups excluding carboxylic acids is 1. The summed E-state index contributed by atoms with van der Waals surface area (Å²) in [6, 6.07) is 3.67. The standard InChI is InChI=1S/C17H23N3O2/c21-17(19-14-2-1-6-18-9-14)15-8-13-5-7-20(10-12-3-4-12)11-16(13)22-15/h1-2,6,9,12-13,15-16H,3-5,7-8,10-11H2,(H,19,21)/t13-,15+,16+/m1/s1. The number of nitrogens with one attached hydrogen (secondary N) is 1. The van der Waals surface area contributed by atoms with Crippen LogP contribution in [-0.2, 0) is 9.53 Å². The molecular formula is C17H23N3O2. The maximum Gasteiger partial charge on any atom is 0.253 e. The van der Waals surface area contributed by atoms with Gasteiger partial charge < -0.3 is 15.0 Å². The molecule has 0 bridgehead atoms. The molecule has 1 N–H and O–H groups in total. The summed E-state index contributed by atoms with van der Waals surface area (Å²) in [5.41, 5.74) is 0.737. The summed E-state index contributed by atoms with van der Waals surface area (Å²) in [6.45, 7) is 3.38. The van der Waals surface area contributed by atoms with Crippen molar-refractivity contribution in [1.82, 2.24) is 9.88 Å². The molecule has 3 fully saturated rings. The Bertz CT molecular complexity index is 532. The molecule has 1 aromatic rings. The van der Waals surface area contributed by atoms with Crippen molar-refractivity contribution >= 4 is 11.6 Å². The molecule has 5 heteroatoms. The molecule has 2 aliphatic heterocycles. The number of ether oxygens (including phenoxy) is 1. The van der Waals surface area contributed by atoms with Gasteiger partial charge >= 0.3 is 0 Å². The first-order valence-corrected chi connectivity index (χ1v) is 8.36. The van der Waals surface area contributed by atoms with Crippen LogP contribution in [0.3, 0.4) is 0 Å². The number of hydrogen-bond donors (Lipinski definition) is 1. The molecule has 3 aliphatic rings. The summed E-state index contributed by atoms with van der Waals surface area (Å²) in [5.74, 6) is 1.43. The quantitative estimate of drug-likeness (QED) is 0.923. The number of anilines is 1. The van der Waals surface area contributed by atoms with E-state index in [1.165, 1.54) is 19.4 Å². The SMILES string of the molecule is O=C(Nc1cccnc1)[C@@H]1C[C@H]2CCN(CC3CC3)C[C@@H]2O1. The van der Waals surface area contributed by atoms with E-state index in [0.29, 0.717) is 5.92 Å². The van der Waals surface area contributed by atoms with E-state index >= 15 is 0 Å². The monoisotopic (exact) mass is 301 g/mol. The van der Waals surface area contributed by atoms with Crippen LogP contribution in [-0.4, -0.2) is 47.6 Å². The normalized spacial score (nSPS) is 31.7. The Labute approximate surface area is 131 Å². The zero-order valence-electron chi connectivity index (χ0n) is 12.8. The Balaban J connectivity index is 1.32. The lowest BCUT2D eigenvalue weighted by molar-refractivity contribution is -0.127. The predicted octanol–water partition coefficient (Wildman–Crippen LogP) is 1.91. The summed E-state index contributed by atoms with van der Waals surface area (Å²) in [4.78, 5) is 18.9. The number of aromatic nitrogens is 1. The maximum absolute atomic E-state index is 12.3. The fourth-order valence-corrected chi connectivity index (χ4v) is 3.65. The van der Waals surface area contributed by atoms with Gasteiger partial charge in [-0.25, -0.2) is 0 Å². The van der Waals surface area contributed by atoms with Gasteiger partial charge in [-0.3, -0.25) is 9.78 Å². The number of carbonyl (C=O) groups is 1. The summed E-state index contributed by atoms with van der Waals surface area (Å²) in [6.07, 6.45) is 8.08. The topological polar surface area (TPSA) is 54.5 Å². The average molecular weight is 301 g/mol. The second-order valence-corrected chi connectivity index (χ2v) is 6.88. The molecule has 0 radical (unpaired) electrons. The van der Waals surface area contributed by atoms with Gasteiger partial charge in [0.2, 0.25) is 0 Å². The minimum Gasteiger partial charge on any atom is -0.364 e. The first kappa shape index (κ1) is 14.2. The molecular weight excluding hydrogens is 278 g/mol. The molecule has 3 atom stereocenters. The van der Waals surface area contributed by atoms with Crippen LogP contribution in [0.5, 0.6) is 0 Å². The van der Waals surface area contributed by atoms with Crippen LogP contribution in [0.2, 0.25) is 0 Å². The van der Waals surface area contributed by atoms with Crippen molar-refractivity contribution in [3.05, 3.63) is 24.5 Å². The first-order valence-electron chi connectivity index (χ1n) is 8.36. The number of fused-ring (bicyclic) bond motifs is 1. The van der Waals surface area contributed by atoms with Gasteiger partial charge in [0.1, 0.15) is 6.10 Å². The van der Waals surface area contributed by atoms with Crippen molar-refractivity contribution in [2.45, 2.75) is 37.9 Å². The van der Waals surface area contributed by atoms with Crippen molar-refractivity contribution in [1.29, 1.82) is 0 Å². The molecule has 1 saturated carbocycles. The summed E-state index contributed by atoms with van der Waals surface area (Å²) in [5, 5.41) is 2.91. The maximum atomic E-state index is 12.3. The minimum atomic E-state index is -0.309. The van der Waals surface area contributed by atoms with Crippen LogP contribution in [0.15, 0.2) is 24.5 Å². The highest BCUT2D eigenvalue weighted by Crippen LogP contribution is 2.36. The molecule has 0 spiro atoms. The third kappa shape index (κ3) is 3.15. The van der Waals surface area contributed by atoms with Gasteiger partial charge in [0.15, 0.2) is 0 Å². The molecule has 0 unspecified atom stereocenters. The van der Waals surface area contributed by atoms with E-state index in [4.69, 9.17) is 4.74 Å². The second kappa shape index (κ2) is 5.97. The highest BCUT2D eigenvalue weighted by atomic mass is 16.5. The van der Waals surface area contributed by atoms with E-state index in [9.17, 15) is 4.79 Å². The Hall–Kier alpha value is -1.46. The van der Waals surface area contributed by atoms with E-state index in [1.54, 1.807) is 12.4 Å². The third-order valence-corrected chi connectivity index (χ3v) is 5.07. The largest absolute Gasteiger partial charge is 0.364 e. The van der Waals surface area contributed by atoms with Crippen LogP contribution in [0.25, 0.3) is 0 Å². The van der Waals surface area contributed by atoms with Crippen molar-refractivity contribution in [2.24, 2.45) is 11.8 Å². The zero-order valence-corrected chi connectivity index (χ0v) is 12.8. The van der Waals surface area contributed by atoms with Gasteiger partial charge in [-0.15, -0.1) is 0 Å². The minimum absolute atomic E-state index is 0.0313. The van der Waals surface area contributed by atoms with E-state index < -0.39 is 0 Å². The van der Waals surface area contributed by atoms with E-state index in [-0.39, 0.29) is 18.1 Å². The van der Waals surface area contributed by atoms with Crippen molar-refractivity contribution < 1.29 is 9.53 Å². The Morgan fingerprint density at radius 3 is 3.09 bits per heavy atom. The molecule has 0 aromatic carbocycles. The fourth-order valence-electron chi connectivity index (χ4n) is 3.65. The smallest absolute Gasteiger partial charge is 0.253 e. The molecule has 3 heterocycles. The van der Waals surface area contributed by atoms with Crippen molar-refractivity contribution in [3.8, 4) is 0 Å². The lowest BCUT2D eigenvalue weighted by atomic mass is 9.91. The van der Waals surface area contributed by atoms with Gasteiger partial charge in [0.05, 0.1) is 18.0 Å². The highest BCUT2D eigenvalue weighted by molar-refractivity contribution is 5.94. The van der Waals surface area contributed by atoms with Crippen molar-refractivity contribution in [3.63, 3.8) is 0 Å². The number of pyridine rings is 1. The summed E-state index contributed by atoms with van der Waals surface area (Å²) >= 11 is 0. The molecule has 5 nitrogen and oxygen atoms in total. The van der Waals surface area contributed by atoms with Crippen molar-refractivity contribution in [2.75, 3.05) is 25.0 Å². The van der Waals surface area contributed by atoms with Crippen LogP contribution < -0.4 is 5.32 Å². The zero-order chi connectivity index (χ0) is 14.9. The number of nitrogens with zero attached hydrogens (tertiary/aromatic N) is 2. The third-order valence-electron chi connectivity index (χ3n) is 5.07. The Morgan fingerprint density at radius 2 is 2.32 bits per heavy atom. The van der Waals surface area contributed by atoms with Crippen LogP contribution in [0, 0.1) is 11.8 Å². The van der Waals surface area contributed by atoms with Gasteiger partial charge in [0, 0.05) is 19.3 Å². The molecule has 1 aromatic heterocycles. The van der Waals surface area contributed by atoms with Crippen LogP contribution in [0.1, 0.15) is 25.7 Å². The molecule has 1 amide bonds. The fraction of sp³-hybridized carbons (Fsp3) is 0.647.